The fourth-order valence-corrected chi connectivity index (χ4v) is 1.31. The lowest BCUT2D eigenvalue weighted by atomic mass is 10.2. The Morgan fingerprint density at radius 1 is 1.56 bits per heavy atom. The van der Waals surface area contributed by atoms with E-state index in [0.29, 0.717) is 0 Å². The SMILES string of the molecule is COC(=O)CC(C)Oc1cc(F)ccc1[N+](=O)[O-]. The maximum Gasteiger partial charge on any atom is 0.311 e. The van der Waals surface area contributed by atoms with Crippen LogP contribution >= 0.6 is 0 Å². The first-order chi connectivity index (χ1) is 8.43. The topological polar surface area (TPSA) is 78.7 Å². The van der Waals surface area contributed by atoms with Crippen LogP contribution in [0.3, 0.4) is 0 Å². The molecular formula is C11H12FNO5. The van der Waals surface area contributed by atoms with E-state index >= 15 is 0 Å². The molecule has 18 heavy (non-hydrogen) atoms. The van der Waals surface area contributed by atoms with Crippen LogP contribution < -0.4 is 4.74 Å². The Balaban J connectivity index is 2.85. The highest BCUT2D eigenvalue weighted by molar-refractivity contribution is 5.69. The largest absolute Gasteiger partial charge is 0.483 e. The van der Waals surface area contributed by atoms with Gasteiger partial charge in [-0.15, -0.1) is 0 Å². The lowest BCUT2D eigenvalue weighted by Gasteiger charge is -2.13. The van der Waals surface area contributed by atoms with E-state index in [-0.39, 0.29) is 17.9 Å². The number of halogens is 1. The highest BCUT2D eigenvalue weighted by atomic mass is 19.1. The highest BCUT2D eigenvalue weighted by Crippen LogP contribution is 2.28. The quantitative estimate of drug-likeness (QED) is 0.458. The van der Waals surface area contributed by atoms with Crippen LogP contribution in [-0.2, 0) is 9.53 Å². The van der Waals surface area contributed by atoms with Gasteiger partial charge in [0.15, 0.2) is 5.75 Å². The van der Waals surface area contributed by atoms with E-state index in [0.717, 1.165) is 18.2 Å². The number of nitrogens with zero attached hydrogens (tertiary/aromatic N) is 1. The zero-order valence-electron chi connectivity index (χ0n) is 9.88. The number of hydrogen-bond donors (Lipinski definition) is 0. The number of esters is 1. The van der Waals surface area contributed by atoms with Gasteiger partial charge in [-0.1, -0.05) is 0 Å². The minimum Gasteiger partial charge on any atom is -0.483 e. The van der Waals surface area contributed by atoms with Gasteiger partial charge in [-0.05, 0) is 13.0 Å². The van der Waals surface area contributed by atoms with Crippen molar-refractivity contribution >= 4 is 11.7 Å². The van der Waals surface area contributed by atoms with E-state index in [4.69, 9.17) is 4.74 Å². The molecule has 0 aliphatic carbocycles. The molecule has 1 unspecified atom stereocenters. The minimum absolute atomic E-state index is 0.0792. The van der Waals surface area contributed by atoms with Crippen molar-refractivity contribution in [3.05, 3.63) is 34.1 Å². The van der Waals surface area contributed by atoms with Gasteiger partial charge in [0.25, 0.3) is 0 Å². The molecule has 7 heteroatoms. The lowest BCUT2D eigenvalue weighted by Crippen LogP contribution is -2.18. The van der Waals surface area contributed by atoms with Gasteiger partial charge in [-0.3, -0.25) is 14.9 Å². The third kappa shape index (κ3) is 3.69. The van der Waals surface area contributed by atoms with E-state index in [1.807, 2.05) is 0 Å². The molecule has 98 valence electrons. The zero-order valence-corrected chi connectivity index (χ0v) is 9.88. The summed E-state index contributed by atoms with van der Waals surface area (Å²) >= 11 is 0. The van der Waals surface area contributed by atoms with Crippen molar-refractivity contribution in [1.29, 1.82) is 0 Å². The van der Waals surface area contributed by atoms with Crippen molar-refractivity contribution in [3.63, 3.8) is 0 Å². The zero-order chi connectivity index (χ0) is 13.7. The first-order valence-electron chi connectivity index (χ1n) is 5.11. The number of benzene rings is 1. The average molecular weight is 257 g/mol. The van der Waals surface area contributed by atoms with Crippen LogP contribution in [0.5, 0.6) is 5.75 Å². The van der Waals surface area contributed by atoms with Gasteiger partial charge in [0.2, 0.25) is 0 Å². The molecule has 0 saturated carbocycles. The molecule has 0 saturated heterocycles. The molecule has 1 rings (SSSR count). The smallest absolute Gasteiger partial charge is 0.311 e. The van der Waals surface area contributed by atoms with Gasteiger partial charge in [-0.2, -0.15) is 0 Å². The van der Waals surface area contributed by atoms with Crippen molar-refractivity contribution in [2.45, 2.75) is 19.4 Å². The highest BCUT2D eigenvalue weighted by Gasteiger charge is 2.19. The standard InChI is InChI=1S/C11H12FNO5/c1-7(5-11(14)17-2)18-10-6-8(12)3-4-9(10)13(15)16/h3-4,6-7H,5H2,1-2H3. The van der Waals surface area contributed by atoms with Crippen molar-refractivity contribution in [2.24, 2.45) is 0 Å². The molecule has 6 nitrogen and oxygen atoms in total. The van der Waals surface area contributed by atoms with Crippen molar-refractivity contribution < 1.29 is 23.6 Å². The molecule has 0 spiro atoms. The summed E-state index contributed by atoms with van der Waals surface area (Å²) in [4.78, 5) is 21.0. The maximum absolute atomic E-state index is 13.0. The monoisotopic (exact) mass is 257 g/mol. The second-order valence-electron chi connectivity index (χ2n) is 3.58. The minimum atomic E-state index is -0.681. The fourth-order valence-electron chi connectivity index (χ4n) is 1.31. The van der Waals surface area contributed by atoms with Gasteiger partial charge in [-0.25, -0.2) is 4.39 Å². The van der Waals surface area contributed by atoms with Crippen LogP contribution in [0, 0.1) is 15.9 Å². The van der Waals surface area contributed by atoms with Crippen molar-refractivity contribution in [3.8, 4) is 5.75 Å². The number of rotatable bonds is 5. The van der Waals surface area contributed by atoms with Crippen molar-refractivity contribution in [2.75, 3.05) is 7.11 Å². The molecule has 0 aromatic heterocycles. The number of ether oxygens (including phenoxy) is 2. The average Bonchev–Trinajstić information content (AvgIpc) is 2.28. The number of methoxy groups -OCH3 is 1. The van der Waals surface area contributed by atoms with Crippen LogP contribution in [0.15, 0.2) is 18.2 Å². The number of nitro groups is 1. The molecule has 0 radical (unpaired) electrons. The van der Waals surface area contributed by atoms with Crippen LogP contribution in [0.4, 0.5) is 10.1 Å². The molecular weight excluding hydrogens is 245 g/mol. The third-order valence-corrected chi connectivity index (χ3v) is 2.13. The second kappa shape index (κ2) is 5.95. The Hall–Kier alpha value is -2.18. The number of nitro benzene ring substituents is 1. The van der Waals surface area contributed by atoms with E-state index in [2.05, 4.69) is 4.74 Å². The van der Waals surface area contributed by atoms with Gasteiger partial charge in [0, 0.05) is 12.1 Å². The Labute approximate surface area is 102 Å². The van der Waals surface area contributed by atoms with Crippen LogP contribution in [0.2, 0.25) is 0 Å². The molecule has 0 bridgehead atoms. The van der Waals surface area contributed by atoms with Crippen LogP contribution in [0.25, 0.3) is 0 Å². The Kier molecular flexibility index (Phi) is 4.59. The Morgan fingerprint density at radius 2 is 2.22 bits per heavy atom. The summed E-state index contributed by atoms with van der Waals surface area (Å²) in [6, 6.07) is 2.89. The van der Waals surface area contributed by atoms with E-state index in [9.17, 15) is 19.3 Å². The van der Waals surface area contributed by atoms with Crippen LogP contribution in [0.1, 0.15) is 13.3 Å². The molecule has 0 amide bonds. The molecule has 0 aliphatic heterocycles. The molecule has 1 atom stereocenters. The first kappa shape index (κ1) is 13.9. The van der Waals surface area contributed by atoms with E-state index in [1.165, 1.54) is 14.0 Å². The predicted octanol–water partition coefficient (Wildman–Crippen LogP) is 2.06. The maximum atomic E-state index is 13.0. The second-order valence-corrected chi connectivity index (χ2v) is 3.58. The summed E-state index contributed by atoms with van der Waals surface area (Å²) in [6.45, 7) is 1.53. The van der Waals surface area contributed by atoms with E-state index < -0.39 is 22.8 Å². The van der Waals surface area contributed by atoms with Crippen LogP contribution in [-0.4, -0.2) is 24.1 Å². The fraction of sp³-hybridized carbons (Fsp3) is 0.364. The summed E-state index contributed by atoms with van der Waals surface area (Å²) in [5.41, 5.74) is -0.354. The molecule has 1 aromatic rings. The summed E-state index contributed by atoms with van der Waals surface area (Å²) in [7, 11) is 1.22. The normalized spacial score (nSPS) is 11.7. The summed E-state index contributed by atoms with van der Waals surface area (Å²) in [6.07, 6.45) is -0.734. The number of hydrogen-bond acceptors (Lipinski definition) is 5. The molecule has 0 heterocycles. The first-order valence-corrected chi connectivity index (χ1v) is 5.11. The van der Waals surface area contributed by atoms with Gasteiger partial charge >= 0.3 is 11.7 Å². The van der Waals surface area contributed by atoms with Gasteiger partial charge < -0.3 is 9.47 Å². The number of carbonyl (C=O) groups is 1. The molecule has 0 fully saturated rings. The summed E-state index contributed by atoms with van der Waals surface area (Å²) in [5.74, 6) is -1.38. The number of carbonyl (C=O) groups excluding carboxylic acids is 1. The molecule has 0 N–H and O–H groups in total. The summed E-state index contributed by atoms with van der Waals surface area (Å²) < 4.78 is 22.6. The molecule has 0 aliphatic rings. The third-order valence-electron chi connectivity index (χ3n) is 2.13. The Morgan fingerprint density at radius 3 is 2.78 bits per heavy atom. The van der Waals surface area contributed by atoms with Gasteiger partial charge in [0.05, 0.1) is 18.5 Å². The summed E-state index contributed by atoms with van der Waals surface area (Å²) in [5, 5.41) is 10.7. The van der Waals surface area contributed by atoms with Gasteiger partial charge in [0.1, 0.15) is 11.9 Å². The predicted molar refractivity (Wildman–Crippen MR) is 59.8 cm³/mol. The Bertz CT molecular complexity index is 463. The lowest BCUT2D eigenvalue weighted by molar-refractivity contribution is -0.386. The van der Waals surface area contributed by atoms with E-state index in [1.54, 1.807) is 0 Å². The molecule has 1 aromatic carbocycles. The van der Waals surface area contributed by atoms with Crippen molar-refractivity contribution in [1.82, 2.24) is 0 Å².